The quantitative estimate of drug-likeness (QED) is 0.460. The van der Waals surface area contributed by atoms with E-state index in [4.69, 9.17) is 0 Å². The maximum atomic E-state index is 2.31. The summed E-state index contributed by atoms with van der Waals surface area (Å²) in [5, 5.41) is 0. The second-order valence-electron chi connectivity index (χ2n) is 3.87. The summed E-state index contributed by atoms with van der Waals surface area (Å²) < 4.78 is 0. The van der Waals surface area contributed by atoms with Crippen LogP contribution in [0.1, 0.15) is 72.1 Å². The zero-order valence-electron chi connectivity index (χ0n) is 9.16. The highest BCUT2D eigenvalue weighted by molar-refractivity contribution is 4.82. The van der Waals surface area contributed by atoms with Crippen LogP contribution in [0.25, 0.3) is 0 Å². The third-order valence-electron chi connectivity index (χ3n) is 2.38. The van der Waals surface area contributed by atoms with E-state index in [1.165, 1.54) is 51.4 Å². The molecule has 73 valence electrons. The van der Waals surface area contributed by atoms with E-state index in [-0.39, 0.29) is 0 Å². The van der Waals surface area contributed by atoms with Crippen molar-refractivity contribution in [3.63, 3.8) is 0 Å². The Kier molecular flexibility index (Phi) is 9.09. The molecular formula is C12H25. The minimum absolute atomic E-state index is 1.32. The van der Waals surface area contributed by atoms with Crippen LogP contribution in [-0.4, -0.2) is 0 Å². The molecule has 0 saturated carbocycles. The molecule has 0 unspecified atom stereocenters. The molecule has 0 heterocycles. The summed E-state index contributed by atoms with van der Waals surface area (Å²) in [6.45, 7) is 6.85. The Morgan fingerprint density at radius 2 is 1.42 bits per heavy atom. The van der Waals surface area contributed by atoms with Gasteiger partial charge in [-0.05, 0) is 18.8 Å². The standard InChI is InChI=1S/C12H25/c1-4-6-7-8-9-11-12(3)10-5-2/h4-11H2,1-3H3. The van der Waals surface area contributed by atoms with E-state index in [0.717, 1.165) is 0 Å². The van der Waals surface area contributed by atoms with Crippen LogP contribution in [0.2, 0.25) is 0 Å². The molecule has 0 saturated heterocycles. The van der Waals surface area contributed by atoms with Gasteiger partial charge in [-0.1, -0.05) is 59.3 Å². The van der Waals surface area contributed by atoms with E-state index in [2.05, 4.69) is 20.8 Å². The minimum Gasteiger partial charge on any atom is -0.0654 e. The van der Waals surface area contributed by atoms with E-state index < -0.39 is 0 Å². The highest BCUT2D eigenvalue weighted by Gasteiger charge is 1.99. The van der Waals surface area contributed by atoms with Crippen LogP contribution >= 0.6 is 0 Å². The zero-order chi connectivity index (χ0) is 9.23. The molecule has 0 aliphatic carbocycles. The summed E-state index contributed by atoms with van der Waals surface area (Å²) in [7, 11) is 0. The predicted octanol–water partition coefficient (Wildman–Crippen LogP) is 4.74. The second-order valence-corrected chi connectivity index (χ2v) is 3.87. The van der Waals surface area contributed by atoms with Crippen LogP contribution in [-0.2, 0) is 0 Å². The van der Waals surface area contributed by atoms with Gasteiger partial charge >= 0.3 is 0 Å². The van der Waals surface area contributed by atoms with Crippen molar-refractivity contribution in [2.75, 3.05) is 0 Å². The maximum absolute atomic E-state index is 2.31. The van der Waals surface area contributed by atoms with Gasteiger partial charge in [0.25, 0.3) is 0 Å². The molecule has 0 aromatic rings. The molecule has 0 rings (SSSR count). The number of unbranched alkanes of at least 4 members (excludes halogenated alkanes) is 4. The van der Waals surface area contributed by atoms with Gasteiger partial charge < -0.3 is 0 Å². The Bertz CT molecular complexity index is 76.1. The Morgan fingerprint density at radius 3 is 2.00 bits per heavy atom. The van der Waals surface area contributed by atoms with Crippen molar-refractivity contribution in [3.05, 3.63) is 5.92 Å². The van der Waals surface area contributed by atoms with Gasteiger partial charge in [0, 0.05) is 0 Å². The van der Waals surface area contributed by atoms with Crippen molar-refractivity contribution in [1.29, 1.82) is 0 Å². The number of hydrogen-bond acceptors (Lipinski definition) is 0. The predicted molar refractivity (Wildman–Crippen MR) is 57.2 cm³/mol. The van der Waals surface area contributed by atoms with E-state index in [0.29, 0.717) is 0 Å². The molecule has 0 N–H and O–H groups in total. The highest BCUT2D eigenvalue weighted by atomic mass is 14.0. The Morgan fingerprint density at radius 1 is 0.750 bits per heavy atom. The molecule has 0 aromatic heterocycles. The third-order valence-corrected chi connectivity index (χ3v) is 2.38. The van der Waals surface area contributed by atoms with Crippen LogP contribution in [0.4, 0.5) is 0 Å². The molecule has 0 heteroatoms. The molecule has 0 spiro atoms. The molecule has 0 aliphatic rings. The number of hydrogen-bond donors (Lipinski definition) is 0. The van der Waals surface area contributed by atoms with Crippen LogP contribution in [0.15, 0.2) is 0 Å². The first kappa shape index (κ1) is 12.0. The lowest BCUT2D eigenvalue weighted by atomic mass is 9.98. The first-order valence-corrected chi connectivity index (χ1v) is 5.62. The summed E-state index contributed by atoms with van der Waals surface area (Å²) in [6, 6.07) is 0. The van der Waals surface area contributed by atoms with E-state index >= 15 is 0 Å². The van der Waals surface area contributed by atoms with Crippen LogP contribution < -0.4 is 0 Å². The summed E-state index contributed by atoms with van der Waals surface area (Å²) >= 11 is 0. The molecule has 0 nitrogen and oxygen atoms in total. The first-order chi connectivity index (χ1) is 5.81. The largest absolute Gasteiger partial charge is 0.0654 e. The zero-order valence-corrected chi connectivity index (χ0v) is 9.16. The summed E-state index contributed by atoms with van der Waals surface area (Å²) in [6.07, 6.45) is 11.1. The van der Waals surface area contributed by atoms with Crippen LogP contribution in [0.3, 0.4) is 0 Å². The lowest BCUT2D eigenvalue weighted by Gasteiger charge is -2.08. The van der Waals surface area contributed by atoms with Crippen molar-refractivity contribution in [2.45, 2.75) is 72.1 Å². The highest BCUT2D eigenvalue weighted by Crippen LogP contribution is 2.17. The summed E-state index contributed by atoms with van der Waals surface area (Å²) in [4.78, 5) is 0. The summed E-state index contributed by atoms with van der Waals surface area (Å²) in [5.41, 5.74) is 0. The third kappa shape index (κ3) is 8.10. The number of rotatable bonds is 8. The Hall–Kier alpha value is 0. The lowest BCUT2D eigenvalue weighted by molar-refractivity contribution is 0.594. The fraction of sp³-hybridized carbons (Fsp3) is 0.917. The van der Waals surface area contributed by atoms with Crippen molar-refractivity contribution >= 4 is 0 Å². The molecular weight excluding hydrogens is 144 g/mol. The van der Waals surface area contributed by atoms with Gasteiger partial charge in [-0.3, -0.25) is 0 Å². The smallest absolute Gasteiger partial charge is 0.0272 e. The molecule has 12 heavy (non-hydrogen) atoms. The average molecular weight is 169 g/mol. The van der Waals surface area contributed by atoms with Gasteiger partial charge in [-0.25, -0.2) is 0 Å². The van der Waals surface area contributed by atoms with Crippen molar-refractivity contribution in [1.82, 2.24) is 0 Å². The van der Waals surface area contributed by atoms with Gasteiger partial charge in [0.1, 0.15) is 0 Å². The van der Waals surface area contributed by atoms with Crippen LogP contribution in [0, 0.1) is 5.92 Å². The Labute approximate surface area is 78.8 Å². The van der Waals surface area contributed by atoms with Crippen LogP contribution in [0.5, 0.6) is 0 Å². The molecule has 0 aromatic carbocycles. The fourth-order valence-electron chi connectivity index (χ4n) is 1.58. The lowest BCUT2D eigenvalue weighted by Crippen LogP contribution is -1.90. The van der Waals surface area contributed by atoms with Crippen molar-refractivity contribution < 1.29 is 0 Å². The summed E-state index contributed by atoms with van der Waals surface area (Å²) in [5.74, 6) is 1.70. The average Bonchev–Trinajstić information content (AvgIpc) is 2.05. The first-order valence-electron chi connectivity index (χ1n) is 5.62. The maximum Gasteiger partial charge on any atom is -0.0272 e. The normalized spacial score (nSPS) is 11.0. The SMILES string of the molecule is CCCCCCC[C](C)CCC. The van der Waals surface area contributed by atoms with Gasteiger partial charge in [0.05, 0.1) is 0 Å². The second kappa shape index (κ2) is 9.09. The molecule has 0 bridgehead atoms. The fourth-order valence-corrected chi connectivity index (χ4v) is 1.58. The molecule has 1 radical (unpaired) electrons. The molecule has 0 aliphatic heterocycles. The topological polar surface area (TPSA) is 0 Å². The Balaban J connectivity index is 2.97. The van der Waals surface area contributed by atoms with Crippen molar-refractivity contribution in [2.24, 2.45) is 0 Å². The van der Waals surface area contributed by atoms with Crippen molar-refractivity contribution in [3.8, 4) is 0 Å². The van der Waals surface area contributed by atoms with E-state index in [1.54, 1.807) is 5.92 Å². The van der Waals surface area contributed by atoms with Gasteiger partial charge in [0.15, 0.2) is 0 Å². The molecule has 0 atom stereocenters. The van der Waals surface area contributed by atoms with Gasteiger partial charge in [-0.15, -0.1) is 0 Å². The monoisotopic (exact) mass is 169 g/mol. The van der Waals surface area contributed by atoms with Gasteiger partial charge in [0.2, 0.25) is 0 Å². The minimum atomic E-state index is 1.32. The molecule has 0 amide bonds. The van der Waals surface area contributed by atoms with E-state index in [1.807, 2.05) is 0 Å². The molecule has 0 fully saturated rings. The van der Waals surface area contributed by atoms with E-state index in [9.17, 15) is 0 Å². The van der Waals surface area contributed by atoms with Gasteiger partial charge in [-0.2, -0.15) is 0 Å².